The van der Waals surface area contributed by atoms with Gasteiger partial charge in [-0.1, -0.05) is 19.3 Å². The predicted octanol–water partition coefficient (Wildman–Crippen LogP) is 2.71. The van der Waals surface area contributed by atoms with Gasteiger partial charge in [0.2, 0.25) is 0 Å². The van der Waals surface area contributed by atoms with Crippen molar-refractivity contribution in [3.63, 3.8) is 0 Å². The average molecular weight is 179 g/mol. The number of fused-ring (bicyclic) bond motifs is 1. The van der Waals surface area contributed by atoms with Gasteiger partial charge in [0.15, 0.2) is 0 Å². The summed E-state index contributed by atoms with van der Waals surface area (Å²) in [6.07, 6.45) is 12.2. The molecule has 1 nitrogen and oxygen atoms in total. The normalized spacial score (nSPS) is 42.5. The molecule has 3 aliphatic rings. The molecule has 74 valence electrons. The highest BCUT2D eigenvalue weighted by Crippen LogP contribution is 2.66. The van der Waals surface area contributed by atoms with Gasteiger partial charge in [0.1, 0.15) is 0 Å². The highest BCUT2D eigenvalue weighted by molar-refractivity contribution is 5.10. The van der Waals surface area contributed by atoms with Crippen LogP contribution in [0, 0.1) is 10.8 Å². The lowest BCUT2D eigenvalue weighted by molar-refractivity contribution is 0.146. The van der Waals surface area contributed by atoms with Crippen LogP contribution in [0.3, 0.4) is 0 Å². The second-order valence-corrected chi connectivity index (χ2v) is 5.55. The number of rotatable bonds is 0. The SMILES string of the molecule is C1CCC2(CC2)C2(CC1)CCNC2. The molecule has 1 heterocycles. The summed E-state index contributed by atoms with van der Waals surface area (Å²) in [7, 11) is 0. The lowest BCUT2D eigenvalue weighted by Gasteiger charge is -2.36. The van der Waals surface area contributed by atoms with Gasteiger partial charge in [-0.3, -0.25) is 0 Å². The maximum Gasteiger partial charge on any atom is 0.00136 e. The Morgan fingerprint density at radius 1 is 0.692 bits per heavy atom. The molecular formula is C12H21N. The average Bonchev–Trinajstić information content (AvgIpc) is 2.82. The molecule has 0 bridgehead atoms. The van der Waals surface area contributed by atoms with Crippen LogP contribution in [0.2, 0.25) is 0 Å². The Balaban J connectivity index is 1.88. The second-order valence-electron chi connectivity index (χ2n) is 5.55. The fourth-order valence-corrected chi connectivity index (χ4v) is 3.97. The van der Waals surface area contributed by atoms with Gasteiger partial charge in [-0.25, -0.2) is 0 Å². The predicted molar refractivity (Wildman–Crippen MR) is 54.7 cm³/mol. The highest BCUT2D eigenvalue weighted by atomic mass is 14.9. The van der Waals surface area contributed by atoms with Crippen LogP contribution in [-0.4, -0.2) is 13.1 Å². The zero-order chi connectivity index (χ0) is 8.78. The number of nitrogens with one attached hydrogen (secondary N) is 1. The van der Waals surface area contributed by atoms with E-state index in [0.717, 1.165) is 10.8 Å². The summed E-state index contributed by atoms with van der Waals surface area (Å²) in [6, 6.07) is 0. The van der Waals surface area contributed by atoms with Gasteiger partial charge in [0.25, 0.3) is 0 Å². The van der Waals surface area contributed by atoms with E-state index in [0.29, 0.717) is 0 Å². The minimum Gasteiger partial charge on any atom is -0.316 e. The van der Waals surface area contributed by atoms with Gasteiger partial charge in [-0.2, -0.15) is 0 Å². The van der Waals surface area contributed by atoms with E-state index >= 15 is 0 Å². The van der Waals surface area contributed by atoms with Crippen LogP contribution >= 0.6 is 0 Å². The molecule has 1 heteroatoms. The fraction of sp³-hybridized carbons (Fsp3) is 1.00. The molecule has 0 amide bonds. The van der Waals surface area contributed by atoms with E-state index in [1.807, 2.05) is 0 Å². The molecule has 1 aliphatic heterocycles. The van der Waals surface area contributed by atoms with E-state index in [1.165, 1.54) is 45.2 Å². The summed E-state index contributed by atoms with van der Waals surface area (Å²) in [5.41, 5.74) is 1.58. The molecule has 13 heavy (non-hydrogen) atoms. The Labute approximate surface area is 81.3 Å². The van der Waals surface area contributed by atoms with E-state index in [4.69, 9.17) is 0 Å². The first-order valence-corrected chi connectivity index (χ1v) is 6.08. The van der Waals surface area contributed by atoms with Crippen molar-refractivity contribution in [1.82, 2.24) is 5.32 Å². The van der Waals surface area contributed by atoms with Gasteiger partial charge in [-0.05, 0) is 49.5 Å². The van der Waals surface area contributed by atoms with E-state index in [1.54, 1.807) is 19.3 Å². The van der Waals surface area contributed by atoms with Crippen LogP contribution in [0.4, 0.5) is 0 Å². The second kappa shape index (κ2) is 2.73. The molecule has 2 aliphatic carbocycles. The highest BCUT2D eigenvalue weighted by Gasteiger charge is 2.59. The van der Waals surface area contributed by atoms with Crippen LogP contribution in [-0.2, 0) is 0 Å². The van der Waals surface area contributed by atoms with Gasteiger partial charge in [0.05, 0.1) is 0 Å². The summed E-state index contributed by atoms with van der Waals surface area (Å²) in [4.78, 5) is 0. The minimum atomic E-state index is 0.753. The van der Waals surface area contributed by atoms with Crippen molar-refractivity contribution >= 4 is 0 Å². The Hall–Kier alpha value is -0.0400. The molecule has 3 rings (SSSR count). The van der Waals surface area contributed by atoms with E-state index < -0.39 is 0 Å². The van der Waals surface area contributed by atoms with Crippen LogP contribution in [0.25, 0.3) is 0 Å². The van der Waals surface area contributed by atoms with Crippen molar-refractivity contribution in [2.24, 2.45) is 10.8 Å². The molecule has 1 N–H and O–H groups in total. The lowest BCUT2D eigenvalue weighted by Crippen LogP contribution is -2.33. The Morgan fingerprint density at radius 2 is 1.46 bits per heavy atom. The molecule has 0 aromatic carbocycles. The zero-order valence-corrected chi connectivity index (χ0v) is 8.57. The van der Waals surface area contributed by atoms with Crippen molar-refractivity contribution in [1.29, 1.82) is 0 Å². The largest absolute Gasteiger partial charge is 0.316 e. The maximum atomic E-state index is 3.61. The van der Waals surface area contributed by atoms with Crippen molar-refractivity contribution in [3.8, 4) is 0 Å². The third kappa shape index (κ3) is 1.09. The Morgan fingerprint density at radius 3 is 2.08 bits per heavy atom. The van der Waals surface area contributed by atoms with E-state index in [-0.39, 0.29) is 0 Å². The molecule has 1 atom stereocenters. The van der Waals surface area contributed by atoms with Gasteiger partial charge in [-0.15, -0.1) is 0 Å². The first-order valence-electron chi connectivity index (χ1n) is 6.08. The number of hydrogen-bond acceptors (Lipinski definition) is 1. The quantitative estimate of drug-likeness (QED) is 0.603. The van der Waals surface area contributed by atoms with E-state index in [2.05, 4.69) is 5.32 Å². The fourth-order valence-electron chi connectivity index (χ4n) is 3.97. The van der Waals surface area contributed by atoms with E-state index in [9.17, 15) is 0 Å². The first kappa shape index (κ1) is 8.28. The monoisotopic (exact) mass is 179 g/mol. The zero-order valence-electron chi connectivity index (χ0n) is 8.57. The third-order valence-corrected chi connectivity index (χ3v) is 5.03. The van der Waals surface area contributed by atoms with Crippen molar-refractivity contribution in [3.05, 3.63) is 0 Å². The first-order chi connectivity index (χ1) is 6.37. The molecule has 0 radical (unpaired) electrons. The van der Waals surface area contributed by atoms with Crippen LogP contribution in [0.1, 0.15) is 51.4 Å². The van der Waals surface area contributed by atoms with Gasteiger partial charge < -0.3 is 5.32 Å². The summed E-state index contributed by atoms with van der Waals surface area (Å²) in [5.74, 6) is 0. The molecule has 0 aromatic heterocycles. The molecule has 1 saturated heterocycles. The van der Waals surface area contributed by atoms with Crippen molar-refractivity contribution in [2.45, 2.75) is 51.4 Å². The molecule has 1 unspecified atom stereocenters. The lowest BCUT2D eigenvalue weighted by atomic mass is 9.68. The van der Waals surface area contributed by atoms with Crippen LogP contribution in [0.15, 0.2) is 0 Å². The summed E-state index contributed by atoms with van der Waals surface area (Å²) >= 11 is 0. The maximum absolute atomic E-state index is 3.61. The van der Waals surface area contributed by atoms with Gasteiger partial charge in [0, 0.05) is 6.54 Å². The topological polar surface area (TPSA) is 12.0 Å². The standard InChI is InChI=1S/C12H21N/c1-2-4-11(6-7-11)12(5-3-1)8-9-13-10-12/h13H,1-10H2. The Bertz CT molecular complexity index is 199. The van der Waals surface area contributed by atoms with Gasteiger partial charge >= 0.3 is 0 Å². The van der Waals surface area contributed by atoms with Crippen molar-refractivity contribution < 1.29 is 0 Å². The molecule has 2 spiro atoms. The smallest absolute Gasteiger partial charge is 0.00136 e. The minimum absolute atomic E-state index is 0.753. The summed E-state index contributed by atoms with van der Waals surface area (Å²) in [5, 5.41) is 3.61. The van der Waals surface area contributed by atoms with Crippen LogP contribution < -0.4 is 5.32 Å². The summed E-state index contributed by atoms with van der Waals surface area (Å²) < 4.78 is 0. The molecule has 2 saturated carbocycles. The summed E-state index contributed by atoms with van der Waals surface area (Å²) in [6.45, 7) is 2.63. The molecular weight excluding hydrogens is 158 g/mol. The third-order valence-electron chi connectivity index (χ3n) is 5.03. The molecule has 0 aromatic rings. The molecule has 3 fully saturated rings. The van der Waals surface area contributed by atoms with Crippen LogP contribution in [0.5, 0.6) is 0 Å². The number of hydrogen-bond donors (Lipinski definition) is 1. The van der Waals surface area contributed by atoms with Crippen molar-refractivity contribution in [2.75, 3.05) is 13.1 Å². The Kier molecular flexibility index (Phi) is 1.74.